The van der Waals surface area contributed by atoms with E-state index in [9.17, 15) is 10.1 Å². The van der Waals surface area contributed by atoms with Crippen LogP contribution in [0.25, 0.3) is 0 Å². The van der Waals surface area contributed by atoms with Crippen molar-refractivity contribution in [1.82, 2.24) is 0 Å². The Morgan fingerprint density at radius 1 is 1.59 bits per heavy atom. The summed E-state index contributed by atoms with van der Waals surface area (Å²) in [5.41, 5.74) is 1.09. The van der Waals surface area contributed by atoms with Crippen LogP contribution in [0.15, 0.2) is 18.2 Å². The molecular formula is C12H14BrNO3. The highest BCUT2D eigenvalue weighted by Crippen LogP contribution is 2.39. The summed E-state index contributed by atoms with van der Waals surface area (Å²) in [7, 11) is 1.46. The van der Waals surface area contributed by atoms with Crippen molar-refractivity contribution in [3.05, 3.63) is 33.9 Å². The number of ether oxygens (including phenoxy) is 1. The summed E-state index contributed by atoms with van der Waals surface area (Å²) in [6.07, 6.45) is 3.44. The largest absolute Gasteiger partial charge is 0.490 e. The van der Waals surface area contributed by atoms with Crippen LogP contribution in [0.1, 0.15) is 18.4 Å². The second kappa shape index (κ2) is 5.04. The molecule has 0 saturated heterocycles. The molecule has 17 heavy (non-hydrogen) atoms. The van der Waals surface area contributed by atoms with E-state index in [0.717, 1.165) is 17.9 Å². The molecule has 1 aliphatic carbocycles. The van der Waals surface area contributed by atoms with Gasteiger partial charge in [-0.15, -0.1) is 0 Å². The van der Waals surface area contributed by atoms with Gasteiger partial charge in [0.1, 0.15) is 0 Å². The molecule has 5 heteroatoms. The minimum atomic E-state index is -0.422. The van der Waals surface area contributed by atoms with E-state index in [1.165, 1.54) is 26.0 Å². The molecule has 4 nitrogen and oxygen atoms in total. The van der Waals surface area contributed by atoms with Crippen LogP contribution in [0, 0.1) is 16.0 Å². The Hall–Kier alpha value is -1.10. The number of nitro benzene ring substituents is 1. The molecule has 1 atom stereocenters. The Labute approximate surface area is 108 Å². The monoisotopic (exact) mass is 299 g/mol. The Bertz CT molecular complexity index is 432. The van der Waals surface area contributed by atoms with Crippen molar-refractivity contribution in [3.8, 4) is 5.75 Å². The summed E-state index contributed by atoms with van der Waals surface area (Å²) in [4.78, 5) is 10.8. The number of hydrogen-bond donors (Lipinski definition) is 0. The Kier molecular flexibility index (Phi) is 3.66. The Morgan fingerprint density at radius 2 is 2.29 bits per heavy atom. The van der Waals surface area contributed by atoms with Gasteiger partial charge >= 0.3 is 5.69 Å². The van der Waals surface area contributed by atoms with Crippen molar-refractivity contribution in [2.75, 3.05) is 7.11 Å². The van der Waals surface area contributed by atoms with Gasteiger partial charge in [0.05, 0.1) is 12.0 Å². The zero-order valence-corrected chi connectivity index (χ0v) is 11.1. The van der Waals surface area contributed by atoms with Crippen LogP contribution in [0.2, 0.25) is 0 Å². The number of alkyl halides is 1. The lowest BCUT2D eigenvalue weighted by atomic mass is 10.1. The number of methoxy groups -OCH3 is 1. The predicted molar refractivity (Wildman–Crippen MR) is 68.8 cm³/mol. The van der Waals surface area contributed by atoms with E-state index in [4.69, 9.17) is 4.74 Å². The Morgan fingerprint density at radius 3 is 2.82 bits per heavy atom. The number of benzene rings is 1. The minimum absolute atomic E-state index is 0.0220. The van der Waals surface area contributed by atoms with Gasteiger partial charge in [-0.1, -0.05) is 22.0 Å². The smallest absolute Gasteiger partial charge is 0.310 e. The molecule has 1 fully saturated rings. The van der Waals surface area contributed by atoms with Gasteiger partial charge in [-0.2, -0.15) is 0 Å². The maximum absolute atomic E-state index is 10.7. The molecule has 0 aromatic heterocycles. The normalized spacial score (nSPS) is 16.6. The van der Waals surface area contributed by atoms with Gasteiger partial charge in [0.2, 0.25) is 0 Å². The summed E-state index contributed by atoms with van der Waals surface area (Å²) in [5, 5.41) is 10.7. The van der Waals surface area contributed by atoms with Gasteiger partial charge < -0.3 is 4.74 Å². The fraction of sp³-hybridized carbons (Fsp3) is 0.500. The van der Waals surface area contributed by atoms with Crippen LogP contribution >= 0.6 is 15.9 Å². The highest BCUT2D eigenvalue weighted by molar-refractivity contribution is 9.09. The average molecular weight is 300 g/mol. The summed E-state index contributed by atoms with van der Waals surface area (Å²) in [6.45, 7) is 0. The molecule has 1 aromatic carbocycles. The van der Waals surface area contributed by atoms with Crippen LogP contribution in [0.5, 0.6) is 5.75 Å². The van der Waals surface area contributed by atoms with Crippen molar-refractivity contribution in [2.45, 2.75) is 24.1 Å². The molecule has 1 unspecified atom stereocenters. The summed E-state index contributed by atoms with van der Waals surface area (Å²) in [5.74, 6) is 1.10. The number of nitro groups is 1. The van der Waals surface area contributed by atoms with Gasteiger partial charge in [0.25, 0.3) is 0 Å². The lowest BCUT2D eigenvalue weighted by Crippen LogP contribution is -2.05. The lowest BCUT2D eigenvalue weighted by Gasteiger charge is -2.09. The summed E-state index contributed by atoms with van der Waals surface area (Å²) < 4.78 is 5.05. The molecule has 92 valence electrons. The number of hydrogen-bond acceptors (Lipinski definition) is 3. The average Bonchev–Trinajstić information content (AvgIpc) is 3.12. The first-order valence-electron chi connectivity index (χ1n) is 5.57. The van der Waals surface area contributed by atoms with Crippen molar-refractivity contribution in [3.63, 3.8) is 0 Å². The SMILES string of the molecule is COc1cc(CC(Br)C2CC2)ccc1[N+](=O)[O-]. The number of nitrogens with zero attached hydrogens (tertiary/aromatic N) is 1. The number of halogens is 1. The second-order valence-corrected chi connectivity index (χ2v) is 5.50. The molecule has 0 heterocycles. The zero-order valence-electron chi connectivity index (χ0n) is 9.56. The highest BCUT2D eigenvalue weighted by atomic mass is 79.9. The van der Waals surface area contributed by atoms with Gasteiger partial charge in [0.15, 0.2) is 5.75 Å². The van der Waals surface area contributed by atoms with E-state index in [1.807, 2.05) is 0 Å². The molecule has 1 saturated carbocycles. The fourth-order valence-corrected chi connectivity index (χ4v) is 2.75. The molecule has 1 aliphatic rings. The zero-order chi connectivity index (χ0) is 12.4. The van der Waals surface area contributed by atoms with E-state index in [1.54, 1.807) is 12.1 Å². The first-order valence-corrected chi connectivity index (χ1v) is 6.48. The van der Waals surface area contributed by atoms with Gasteiger partial charge in [-0.05, 0) is 36.8 Å². The molecule has 1 aromatic rings. The first kappa shape index (κ1) is 12.4. The first-order chi connectivity index (χ1) is 8.11. The molecule has 0 N–H and O–H groups in total. The van der Waals surface area contributed by atoms with Crippen molar-refractivity contribution in [1.29, 1.82) is 0 Å². The fourth-order valence-electron chi connectivity index (χ4n) is 1.85. The van der Waals surface area contributed by atoms with Crippen LogP contribution in [0.3, 0.4) is 0 Å². The van der Waals surface area contributed by atoms with Crippen molar-refractivity contribution in [2.24, 2.45) is 5.92 Å². The quantitative estimate of drug-likeness (QED) is 0.476. The van der Waals surface area contributed by atoms with Gasteiger partial charge in [-0.25, -0.2) is 0 Å². The molecular weight excluding hydrogens is 286 g/mol. The van der Waals surface area contributed by atoms with E-state index < -0.39 is 4.92 Å². The highest BCUT2D eigenvalue weighted by Gasteiger charge is 2.29. The summed E-state index contributed by atoms with van der Waals surface area (Å²) >= 11 is 3.66. The second-order valence-electron chi connectivity index (χ2n) is 4.32. The maximum atomic E-state index is 10.7. The molecule has 0 aliphatic heterocycles. The predicted octanol–water partition coefficient (Wildman–Crippen LogP) is 3.32. The topological polar surface area (TPSA) is 52.4 Å². The molecule has 0 spiro atoms. The Balaban J connectivity index is 2.15. The third-order valence-corrected chi connectivity index (χ3v) is 4.08. The molecule has 2 rings (SSSR count). The van der Waals surface area contributed by atoms with Crippen molar-refractivity contribution < 1.29 is 9.66 Å². The van der Waals surface area contributed by atoms with Gasteiger partial charge in [0, 0.05) is 10.9 Å². The van der Waals surface area contributed by atoms with E-state index in [2.05, 4.69) is 15.9 Å². The van der Waals surface area contributed by atoms with Crippen LogP contribution in [0.4, 0.5) is 5.69 Å². The minimum Gasteiger partial charge on any atom is -0.490 e. The third kappa shape index (κ3) is 2.97. The van der Waals surface area contributed by atoms with E-state index in [-0.39, 0.29) is 5.69 Å². The van der Waals surface area contributed by atoms with Crippen molar-refractivity contribution >= 4 is 21.6 Å². The molecule has 0 bridgehead atoms. The molecule has 0 radical (unpaired) electrons. The lowest BCUT2D eigenvalue weighted by molar-refractivity contribution is -0.385. The number of rotatable bonds is 5. The van der Waals surface area contributed by atoms with E-state index >= 15 is 0 Å². The van der Waals surface area contributed by atoms with E-state index in [0.29, 0.717) is 10.6 Å². The van der Waals surface area contributed by atoms with Crippen LogP contribution in [-0.4, -0.2) is 16.9 Å². The van der Waals surface area contributed by atoms with Gasteiger partial charge in [-0.3, -0.25) is 10.1 Å². The third-order valence-electron chi connectivity index (χ3n) is 3.01. The standard InChI is InChI=1S/C12H14BrNO3/c1-17-12-7-8(2-5-11(12)14(15)16)6-10(13)9-3-4-9/h2,5,7,9-10H,3-4,6H2,1H3. The molecule has 0 amide bonds. The van der Waals surface area contributed by atoms with Crippen LogP contribution in [-0.2, 0) is 6.42 Å². The summed E-state index contributed by atoms with van der Waals surface area (Å²) in [6, 6.07) is 5.08. The maximum Gasteiger partial charge on any atom is 0.310 e. The van der Waals surface area contributed by atoms with Crippen LogP contribution < -0.4 is 4.74 Å².